The fourth-order valence-corrected chi connectivity index (χ4v) is 3.13. The van der Waals surface area contributed by atoms with Gasteiger partial charge in [-0.3, -0.25) is 4.99 Å². The lowest BCUT2D eigenvalue weighted by Gasteiger charge is -2.30. The highest BCUT2D eigenvalue weighted by atomic mass is 16.5. The minimum absolute atomic E-state index is 0.871. The number of nitrogens with zero attached hydrogens (tertiary/aromatic N) is 2. The largest absolute Gasteiger partial charge is 0.497 e. The molecule has 0 amide bonds. The summed E-state index contributed by atoms with van der Waals surface area (Å²) in [5.41, 5.74) is 1.29. The molecule has 1 aliphatic heterocycles. The number of methoxy groups -OCH3 is 1. The van der Waals surface area contributed by atoms with E-state index in [-0.39, 0.29) is 0 Å². The molecule has 1 fully saturated rings. The smallest absolute Gasteiger partial charge is 0.190 e. The lowest BCUT2D eigenvalue weighted by atomic mass is 9.99. The Kier molecular flexibility index (Phi) is 8.60. The van der Waals surface area contributed by atoms with E-state index in [1.807, 2.05) is 19.2 Å². The number of likely N-dealkylation sites (tertiary alicyclic amines) is 1. The Labute approximate surface area is 152 Å². The van der Waals surface area contributed by atoms with E-state index in [1.54, 1.807) is 7.11 Å². The van der Waals surface area contributed by atoms with Gasteiger partial charge in [-0.1, -0.05) is 19.1 Å². The molecule has 0 aromatic heterocycles. The highest BCUT2D eigenvalue weighted by Gasteiger charge is 2.14. The van der Waals surface area contributed by atoms with Crippen LogP contribution in [-0.4, -0.2) is 57.7 Å². The predicted octanol–water partition coefficient (Wildman–Crippen LogP) is 2.52. The Morgan fingerprint density at radius 3 is 2.48 bits per heavy atom. The van der Waals surface area contributed by atoms with Crippen LogP contribution in [0, 0.1) is 5.92 Å². The van der Waals surface area contributed by atoms with Crippen LogP contribution in [-0.2, 0) is 6.42 Å². The van der Waals surface area contributed by atoms with E-state index >= 15 is 0 Å². The van der Waals surface area contributed by atoms with Gasteiger partial charge in [0.1, 0.15) is 5.75 Å². The summed E-state index contributed by atoms with van der Waals surface area (Å²) < 4.78 is 5.18. The molecular weight excluding hydrogens is 312 g/mol. The highest BCUT2D eigenvalue weighted by molar-refractivity contribution is 5.79. The quantitative estimate of drug-likeness (QED) is 0.431. The minimum Gasteiger partial charge on any atom is -0.497 e. The van der Waals surface area contributed by atoms with Crippen LogP contribution in [0.3, 0.4) is 0 Å². The summed E-state index contributed by atoms with van der Waals surface area (Å²) >= 11 is 0. The number of guanidine groups is 1. The van der Waals surface area contributed by atoms with Crippen LogP contribution < -0.4 is 15.4 Å². The van der Waals surface area contributed by atoms with E-state index in [4.69, 9.17) is 4.74 Å². The average Bonchev–Trinajstić information content (AvgIpc) is 2.65. The van der Waals surface area contributed by atoms with Crippen molar-refractivity contribution in [2.75, 3.05) is 46.9 Å². The Balaban J connectivity index is 1.57. The van der Waals surface area contributed by atoms with Crippen molar-refractivity contribution in [1.82, 2.24) is 15.5 Å². The Bertz CT molecular complexity index is 507. The molecule has 1 saturated heterocycles. The van der Waals surface area contributed by atoms with E-state index < -0.39 is 0 Å². The van der Waals surface area contributed by atoms with Gasteiger partial charge in [-0.05, 0) is 68.9 Å². The van der Waals surface area contributed by atoms with Crippen molar-refractivity contribution in [3.05, 3.63) is 29.8 Å². The lowest BCUT2D eigenvalue weighted by Crippen LogP contribution is -2.40. The number of ether oxygens (including phenoxy) is 1. The monoisotopic (exact) mass is 346 g/mol. The first-order valence-electron chi connectivity index (χ1n) is 9.51. The molecule has 0 bridgehead atoms. The number of nitrogens with one attached hydrogen (secondary N) is 2. The maximum absolute atomic E-state index is 5.18. The van der Waals surface area contributed by atoms with E-state index in [0.29, 0.717) is 0 Å². The molecule has 2 N–H and O–H groups in total. The maximum atomic E-state index is 5.18. The predicted molar refractivity (Wildman–Crippen MR) is 106 cm³/mol. The van der Waals surface area contributed by atoms with Crippen molar-refractivity contribution in [1.29, 1.82) is 0 Å². The summed E-state index contributed by atoms with van der Waals surface area (Å²) in [5, 5.41) is 6.80. The molecule has 25 heavy (non-hydrogen) atoms. The third-order valence-corrected chi connectivity index (χ3v) is 4.91. The molecule has 5 heteroatoms. The van der Waals surface area contributed by atoms with Gasteiger partial charge in [0.15, 0.2) is 5.96 Å². The molecule has 140 valence electrons. The van der Waals surface area contributed by atoms with Crippen molar-refractivity contribution in [3.63, 3.8) is 0 Å². The fourth-order valence-electron chi connectivity index (χ4n) is 3.13. The number of benzene rings is 1. The maximum Gasteiger partial charge on any atom is 0.190 e. The van der Waals surface area contributed by atoms with Gasteiger partial charge in [0.25, 0.3) is 0 Å². The van der Waals surface area contributed by atoms with Crippen molar-refractivity contribution in [2.45, 2.75) is 32.6 Å². The summed E-state index contributed by atoms with van der Waals surface area (Å²) in [5.74, 6) is 2.70. The Hall–Kier alpha value is -1.75. The first kappa shape index (κ1) is 19.6. The number of hydrogen-bond donors (Lipinski definition) is 2. The standard InChI is InChI=1S/C20H34N4O/c1-17-10-15-24(16-11-17)14-4-12-22-20(21-2)23-13-9-18-5-7-19(25-3)8-6-18/h5-8,17H,4,9-16H2,1-3H3,(H2,21,22,23). The molecule has 0 spiro atoms. The van der Waals surface area contributed by atoms with Gasteiger partial charge in [0, 0.05) is 20.1 Å². The molecule has 1 aromatic rings. The van der Waals surface area contributed by atoms with Crippen LogP contribution in [0.1, 0.15) is 31.7 Å². The zero-order valence-corrected chi connectivity index (χ0v) is 16.1. The van der Waals surface area contributed by atoms with Crippen molar-refractivity contribution >= 4 is 5.96 Å². The van der Waals surface area contributed by atoms with Gasteiger partial charge < -0.3 is 20.3 Å². The molecule has 1 aromatic carbocycles. The van der Waals surface area contributed by atoms with Gasteiger partial charge in [-0.2, -0.15) is 0 Å². The molecule has 1 heterocycles. The first-order chi connectivity index (χ1) is 12.2. The summed E-state index contributed by atoms with van der Waals surface area (Å²) in [6, 6.07) is 8.22. The molecule has 0 atom stereocenters. The zero-order valence-electron chi connectivity index (χ0n) is 16.1. The highest BCUT2D eigenvalue weighted by Crippen LogP contribution is 2.15. The van der Waals surface area contributed by atoms with Crippen LogP contribution in [0.2, 0.25) is 0 Å². The summed E-state index contributed by atoms with van der Waals surface area (Å²) in [6.07, 6.45) is 4.83. The minimum atomic E-state index is 0.871. The third-order valence-electron chi connectivity index (χ3n) is 4.91. The molecule has 0 saturated carbocycles. The van der Waals surface area contributed by atoms with Gasteiger partial charge in [-0.15, -0.1) is 0 Å². The number of piperidine rings is 1. The molecule has 5 nitrogen and oxygen atoms in total. The molecular formula is C20H34N4O. The normalized spacial score (nSPS) is 16.7. The zero-order chi connectivity index (χ0) is 17.9. The Morgan fingerprint density at radius 1 is 1.16 bits per heavy atom. The molecule has 0 aliphatic carbocycles. The first-order valence-corrected chi connectivity index (χ1v) is 9.51. The second-order valence-corrected chi connectivity index (χ2v) is 6.90. The number of aliphatic imine (C=N–C) groups is 1. The van der Waals surface area contributed by atoms with E-state index in [1.165, 1.54) is 38.0 Å². The van der Waals surface area contributed by atoms with Crippen LogP contribution in [0.25, 0.3) is 0 Å². The van der Waals surface area contributed by atoms with Crippen LogP contribution >= 0.6 is 0 Å². The summed E-state index contributed by atoms with van der Waals surface area (Å²) in [7, 11) is 3.52. The molecule has 0 unspecified atom stereocenters. The van der Waals surface area contributed by atoms with Crippen molar-refractivity contribution < 1.29 is 4.74 Å². The number of hydrogen-bond acceptors (Lipinski definition) is 3. The summed E-state index contributed by atoms with van der Waals surface area (Å²) in [4.78, 5) is 6.89. The van der Waals surface area contributed by atoms with Gasteiger partial charge >= 0.3 is 0 Å². The third kappa shape index (κ3) is 7.34. The molecule has 0 radical (unpaired) electrons. The second-order valence-electron chi connectivity index (χ2n) is 6.90. The topological polar surface area (TPSA) is 48.9 Å². The van der Waals surface area contributed by atoms with Gasteiger partial charge in [0.05, 0.1) is 7.11 Å². The molecule has 1 aliphatic rings. The summed E-state index contributed by atoms with van der Waals surface area (Å²) in [6.45, 7) is 7.90. The SMILES string of the molecule is CN=C(NCCCN1CCC(C)CC1)NCCc1ccc(OC)cc1. The van der Waals surface area contributed by atoms with Crippen LogP contribution in [0.15, 0.2) is 29.3 Å². The van der Waals surface area contributed by atoms with Gasteiger partial charge in [-0.25, -0.2) is 0 Å². The van der Waals surface area contributed by atoms with E-state index in [9.17, 15) is 0 Å². The van der Waals surface area contributed by atoms with Crippen LogP contribution in [0.5, 0.6) is 5.75 Å². The lowest BCUT2D eigenvalue weighted by molar-refractivity contribution is 0.191. The van der Waals surface area contributed by atoms with Crippen molar-refractivity contribution in [2.24, 2.45) is 10.9 Å². The number of rotatable bonds is 8. The molecule has 2 rings (SSSR count). The van der Waals surface area contributed by atoms with Gasteiger partial charge in [0.2, 0.25) is 0 Å². The second kappa shape index (κ2) is 11.0. The Morgan fingerprint density at radius 2 is 1.84 bits per heavy atom. The van der Waals surface area contributed by atoms with E-state index in [2.05, 4.69) is 39.6 Å². The van der Waals surface area contributed by atoms with E-state index in [0.717, 1.165) is 43.6 Å². The fraction of sp³-hybridized carbons (Fsp3) is 0.650. The van der Waals surface area contributed by atoms with Crippen molar-refractivity contribution in [3.8, 4) is 5.75 Å². The van der Waals surface area contributed by atoms with Crippen LogP contribution in [0.4, 0.5) is 0 Å². The average molecular weight is 347 g/mol.